The van der Waals surface area contributed by atoms with Crippen LogP contribution in [0.15, 0.2) is 0 Å². The van der Waals surface area contributed by atoms with Gasteiger partial charge in [-0.2, -0.15) is 0 Å². The lowest BCUT2D eigenvalue weighted by molar-refractivity contribution is -0.146. The normalized spacial score (nSPS) is 13.5. The first-order valence-electron chi connectivity index (χ1n) is 4.66. The number of ether oxygens (including phenoxy) is 2. The van der Waals surface area contributed by atoms with Gasteiger partial charge in [0.15, 0.2) is 0 Å². The molecule has 0 aliphatic rings. The Hall–Kier alpha value is -0.900. The van der Waals surface area contributed by atoms with Gasteiger partial charge in [0.1, 0.15) is 17.4 Å². The number of esters is 1. The Bertz CT molecular complexity index is 214. The molecular formula is C10H19NO3. The fourth-order valence-electron chi connectivity index (χ4n) is 0.953. The first-order valence-corrected chi connectivity index (χ1v) is 4.66. The highest BCUT2D eigenvalue weighted by Gasteiger charge is 2.25. The molecule has 1 N–H and O–H groups in total. The maximum atomic E-state index is 11.4. The molecule has 0 unspecified atom stereocenters. The second-order valence-electron chi connectivity index (χ2n) is 4.05. The number of nitrogens with one attached hydrogen (secondary N) is 1. The summed E-state index contributed by atoms with van der Waals surface area (Å²) in [6.07, 6.45) is 0.124. The summed E-state index contributed by atoms with van der Waals surface area (Å²) in [5, 5.41) is 7.53. The number of methoxy groups -OCH3 is 1. The molecule has 0 aromatic rings. The third kappa shape index (κ3) is 4.37. The van der Waals surface area contributed by atoms with Gasteiger partial charge < -0.3 is 9.47 Å². The van der Waals surface area contributed by atoms with Crippen LogP contribution in [0.1, 0.15) is 34.1 Å². The van der Waals surface area contributed by atoms with Crippen molar-refractivity contribution >= 4 is 11.7 Å². The van der Waals surface area contributed by atoms with Gasteiger partial charge in [0.2, 0.25) is 0 Å². The SMILES string of the molecule is CC[C@H](OC)C(=N)C(=O)OC(C)(C)C. The van der Waals surface area contributed by atoms with E-state index >= 15 is 0 Å². The summed E-state index contributed by atoms with van der Waals surface area (Å²) in [5.74, 6) is -0.605. The molecule has 0 radical (unpaired) electrons. The average Bonchev–Trinajstić information content (AvgIpc) is 2.03. The highest BCUT2D eigenvalue weighted by molar-refractivity contribution is 6.36. The fourth-order valence-corrected chi connectivity index (χ4v) is 0.953. The van der Waals surface area contributed by atoms with Gasteiger partial charge in [0.05, 0.1) is 0 Å². The van der Waals surface area contributed by atoms with E-state index in [1.165, 1.54) is 7.11 Å². The molecule has 0 spiro atoms. The van der Waals surface area contributed by atoms with Crippen molar-refractivity contribution < 1.29 is 14.3 Å². The molecule has 4 heteroatoms. The minimum absolute atomic E-state index is 0.120. The Labute approximate surface area is 85.1 Å². The van der Waals surface area contributed by atoms with E-state index in [0.29, 0.717) is 6.42 Å². The zero-order chi connectivity index (χ0) is 11.4. The Morgan fingerprint density at radius 1 is 1.43 bits per heavy atom. The van der Waals surface area contributed by atoms with Crippen LogP contribution in [0.4, 0.5) is 0 Å². The van der Waals surface area contributed by atoms with Crippen LogP contribution < -0.4 is 0 Å². The molecular weight excluding hydrogens is 182 g/mol. The van der Waals surface area contributed by atoms with Gasteiger partial charge in [-0.3, -0.25) is 5.41 Å². The zero-order valence-electron chi connectivity index (χ0n) is 9.51. The minimum atomic E-state index is -0.605. The van der Waals surface area contributed by atoms with Gasteiger partial charge in [-0.25, -0.2) is 4.79 Å². The number of carbonyl (C=O) groups excluding carboxylic acids is 1. The van der Waals surface area contributed by atoms with Gasteiger partial charge in [-0.05, 0) is 27.2 Å². The molecule has 0 bridgehead atoms. The Morgan fingerprint density at radius 3 is 2.21 bits per heavy atom. The Kier molecular flexibility index (Phi) is 4.77. The predicted octanol–water partition coefficient (Wildman–Crippen LogP) is 1.77. The largest absolute Gasteiger partial charge is 0.455 e. The molecule has 4 nitrogen and oxygen atoms in total. The zero-order valence-corrected chi connectivity index (χ0v) is 9.51. The van der Waals surface area contributed by atoms with Gasteiger partial charge in [-0.1, -0.05) is 6.92 Å². The molecule has 0 amide bonds. The molecule has 0 aromatic carbocycles. The summed E-state index contributed by atoms with van der Waals surface area (Å²) in [7, 11) is 1.48. The average molecular weight is 201 g/mol. The van der Waals surface area contributed by atoms with E-state index in [1.807, 2.05) is 6.92 Å². The third-order valence-corrected chi connectivity index (χ3v) is 1.60. The third-order valence-electron chi connectivity index (χ3n) is 1.60. The topological polar surface area (TPSA) is 59.4 Å². The van der Waals surface area contributed by atoms with Gasteiger partial charge >= 0.3 is 5.97 Å². The molecule has 0 saturated carbocycles. The van der Waals surface area contributed by atoms with Crippen LogP contribution in [0, 0.1) is 5.41 Å². The van der Waals surface area contributed by atoms with Crippen LogP contribution in [0.25, 0.3) is 0 Å². The van der Waals surface area contributed by atoms with Crippen LogP contribution >= 0.6 is 0 Å². The van der Waals surface area contributed by atoms with Crippen molar-refractivity contribution in [2.45, 2.75) is 45.8 Å². The lowest BCUT2D eigenvalue weighted by atomic mass is 10.1. The molecule has 0 saturated heterocycles. The second kappa shape index (κ2) is 5.10. The molecule has 0 aliphatic carbocycles. The van der Waals surface area contributed by atoms with E-state index in [-0.39, 0.29) is 5.71 Å². The van der Waals surface area contributed by atoms with Crippen LogP contribution in [0.5, 0.6) is 0 Å². The van der Waals surface area contributed by atoms with Gasteiger partial charge in [0.25, 0.3) is 0 Å². The highest BCUT2D eigenvalue weighted by Crippen LogP contribution is 2.09. The summed E-state index contributed by atoms with van der Waals surface area (Å²) in [6.45, 7) is 7.16. The van der Waals surface area contributed by atoms with Crippen LogP contribution in [0.3, 0.4) is 0 Å². The van der Waals surface area contributed by atoms with Crippen molar-refractivity contribution in [2.24, 2.45) is 0 Å². The van der Waals surface area contributed by atoms with Crippen molar-refractivity contribution in [3.63, 3.8) is 0 Å². The van der Waals surface area contributed by atoms with Gasteiger partial charge in [0, 0.05) is 7.11 Å². The van der Waals surface area contributed by atoms with E-state index < -0.39 is 17.7 Å². The molecule has 1 atom stereocenters. The predicted molar refractivity (Wildman–Crippen MR) is 54.7 cm³/mol. The Balaban J connectivity index is 4.32. The van der Waals surface area contributed by atoms with E-state index in [9.17, 15) is 4.79 Å². The smallest absolute Gasteiger partial charge is 0.355 e. The van der Waals surface area contributed by atoms with Crippen molar-refractivity contribution in [1.29, 1.82) is 5.41 Å². The summed E-state index contributed by atoms with van der Waals surface area (Å²) in [5.41, 5.74) is -0.681. The standard InChI is InChI=1S/C10H19NO3/c1-6-7(13-5)8(11)9(12)14-10(2,3)4/h7,11H,6H2,1-5H3/t7-/m0/s1. The first kappa shape index (κ1) is 13.1. The van der Waals surface area contributed by atoms with Crippen molar-refractivity contribution in [1.82, 2.24) is 0 Å². The van der Waals surface area contributed by atoms with Crippen molar-refractivity contribution in [3.05, 3.63) is 0 Å². The van der Waals surface area contributed by atoms with Crippen molar-refractivity contribution in [3.8, 4) is 0 Å². The molecule has 0 rings (SSSR count). The molecule has 0 aliphatic heterocycles. The maximum Gasteiger partial charge on any atom is 0.355 e. The Morgan fingerprint density at radius 2 is 1.93 bits per heavy atom. The molecule has 0 heterocycles. The van der Waals surface area contributed by atoms with Crippen molar-refractivity contribution in [2.75, 3.05) is 7.11 Å². The van der Waals surface area contributed by atoms with E-state index in [1.54, 1.807) is 20.8 Å². The van der Waals surface area contributed by atoms with E-state index in [4.69, 9.17) is 14.9 Å². The van der Waals surface area contributed by atoms with E-state index in [2.05, 4.69) is 0 Å². The molecule has 0 fully saturated rings. The van der Waals surface area contributed by atoms with Gasteiger partial charge in [-0.15, -0.1) is 0 Å². The minimum Gasteiger partial charge on any atom is -0.455 e. The van der Waals surface area contributed by atoms with Crippen LogP contribution in [-0.4, -0.2) is 30.5 Å². The number of carbonyl (C=O) groups is 1. The highest BCUT2D eigenvalue weighted by atomic mass is 16.6. The molecule has 0 aromatic heterocycles. The lowest BCUT2D eigenvalue weighted by Crippen LogP contribution is -2.35. The summed E-state index contributed by atoms with van der Waals surface area (Å²) in [6, 6.07) is 0. The summed E-state index contributed by atoms with van der Waals surface area (Å²) in [4.78, 5) is 11.4. The molecule has 14 heavy (non-hydrogen) atoms. The number of hydrogen-bond donors (Lipinski definition) is 1. The second-order valence-corrected chi connectivity index (χ2v) is 4.05. The summed E-state index contributed by atoms with van der Waals surface area (Å²) < 4.78 is 10.0. The van der Waals surface area contributed by atoms with Crippen LogP contribution in [-0.2, 0) is 14.3 Å². The van der Waals surface area contributed by atoms with E-state index in [0.717, 1.165) is 0 Å². The maximum absolute atomic E-state index is 11.4. The quantitative estimate of drug-likeness (QED) is 0.557. The lowest BCUT2D eigenvalue weighted by Gasteiger charge is -2.21. The molecule has 82 valence electrons. The number of rotatable bonds is 4. The fraction of sp³-hybridized carbons (Fsp3) is 0.800. The number of hydrogen-bond acceptors (Lipinski definition) is 4. The monoisotopic (exact) mass is 201 g/mol. The first-order chi connectivity index (χ1) is 6.31. The van der Waals surface area contributed by atoms with Crippen LogP contribution in [0.2, 0.25) is 0 Å². The summed E-state index contributed by atoms with van der Waals surface area (Å²) >= 11 is 0.